The van der Waals surface area contributed by atoms with Gasteiger partial charge in [-0.15, -0.1) is 0 Å². The number of carbonyl (C=O) groups excluding carboxylic acids is 1. The molecule has 1 heterocycles. The first kappa shape index (κ1) is 23.4. The fourth-order valence-corrected chi connectivity index (χ4v) is 8.63. The maximum absolute atomic E-state index is 12.4. The quantitative estimate of drug-likeness (QED) is 0.535. The van der Waals surface area contributed by atoms with E-state index in [-0.39, 0.29) is 18.2 Å². The second-order valence-electron chi connectivity index (χ2n) is 12.7. The summed E-state index contributed by atoms with van der Waals surface area (Å²) < 4.78 is 12.5. The molecule has 2 atom stereocenters. The lowest BCUT2D eigenvalue weighted by molar-refractivity contribution is -0.390. The zero-order chi connectivity index (χ0) is 24.3. The fraction of sp³-hybridized carbons (Fsp3) is 0.759. The van der Waals surface area contributed by atoms with Crippen molar-refractivity contribution in [3.05, 3.63) is 29.8 Å². The van der Waals surface area contributed by atoms with Crippen LogP contribution in [0.2, 0.25) is 0 Å². The minimum atomic E-state index is -0.629. The molecular formula is C29H40N2O5. The minimum Gasteiger partial charge on any atom is -0.410 e. The van der Waals surface area contributed by atoms with Gasteiger partial charge in [0, 0.05) is 36.8 Å². The van der Waals surface area contributed by atoms with Gasteiger partial charge in [0.15, 0.2) is 0 Å². The second kappa shape index (κ2) is 8.97. The highest BCUT2D eigenvalue weighted by atomic mass is 17.3. The lowest BCUT2D eigenvalue weighted by Crippen LogP contribution is -2.59. The summed E-state index contributed by atoms with van der Waals surface area (Å²) >= 11 is 0. The van der Waals surface area contributed by atoms with E-state index in [4.69, 9.17) is 25.0 Å². The molecule has 8 rings (SSSR count). The van der Waals surface area contributed by atoms with Crippen molar-refractivity contribution in [3.8, 4) is 5.75 Å². The molecule has 1 aromatic rings. The monoisotopic (exact) mass is 496 g/mol. The smallest absolute Gasteiger partial charge is 0.410 e. The SMILES string of the molecule is N[C@H]1CC[C@H](NC(=O)Oc2ccc(C3CCCC4(C3)OOC3(O4)C4CC5CC(C4)CC3C5)cc2)CC1. The summed E-state index contributed by atoms with van der Waals surface area (Å²) in [5.41, 5.74) is 7.20. The number of rotatable bonds is 3. The van der Waals surface area contributed by atoms with Crippen LogP contribution in [-0.2, 0) is 14.5 Å². The van der Waals surface area contributed by atoms with Crippen LogP contribution in [-0.4, -0.2) is 29.8 Å². The fourth-order valence-electron chi connectivity index (χ4n) is 8.63. The van der Waals surface area contributed by atoms with E-state index in [9.17, 15) is 4.79 Å². The van der Waals surface area contributed by atoms with Crippen LogP contribution >= 0.6 is 0 Å². The molecule has 7 fully saturated rings. The summed E-state index contributed by atoms with van der Waals surface area (Å²) in [5.74, 6) is 2.47. The molecule has 2 unspecified atom stereocenters. The van der Waals surface area contributed by atoms with Crippen LogP contribution in [0.25, 0.3) is 0 Å². The number of amides is 1. The third kappa shape index (κ3) is 4.16. The lowest BCUT2D eigenvalue weighted by atomic mass is 9.53. The summed E-state index contributed by atoms with van der Waals surface area (Å²) in [4.78, 5) is 24.8. The Bertz CT molecular complexity index is 946. The summed E-state index contributed by atoms with van der Waals surface area (Å²) in [6.07, 6.45) is 13.5. The van der Waals surface area contributed by atoms with Crippen molar-refractivity contribution in [2.24, 2.45) is 29.4 Å². The number of nitrogens with two attached hydrogens (primary N) is 1. The first-order valence-electron chi connectivity index (χ1n) is 14.4. The van der Waals surface area contributed by atoms with E-state index in [1.54, 1.807) is 0 Å². The van der Waals surface area contributed by atoms with Gasteiger partial charge >= 0.3 is 6.09 Å². The van der Waals surface area contributed by atoms with Gasteiger partial charge in [0.1, 0.15) is 5.75 Å². The minimum absolute atomic E-state index is 0.154. The van der Waals surface area contributed by atoms with E-state index in [1.807, 2.05) is 12.1 Å². The Morgan fingerprint density at radius 2 is 1.61 bits per heavy atom. The van der Waals surface area contributed by atoms with Crippen molar-refractivity contribution >= 4 is 6.09 Å². The molecule has 1 saturated heterocycles. The first-order chi connectivity index (χ1) is 17.5. The third-order valence-corrected chi connectivity index (χ3v) is 10.3. The highest BCUT2D eigenvalue weighted by Gasteiger charge is 2.67. The van der Waals surface area contributed by atoms with E-state index in [2.05, 4.69) is 17.4 Å². The average molecular weight is 497 g/mol. The number of hydrogen-bond donors (Lipinski definition) is 2. The summed E-state index contributed by atoms with van der Waals surface area (Å²) in [6, 6.07) is 8.39. The van der Waals surface area contributed by atoms with Crippen LogP contribution in [0.3, 0.4) is 0 Å². The van der Waals surface area contributed by atoms with Crippen molar-refractivity contribution in [1.29, 1.82) is 0 Å². The number of ether oxygens (including phenoxy) is 2. The van der Waals surface area contributed by atoms with Crippen LogP contribution < -0.4 is 15.8 Å². The normalized spacial score (nSPS) is 45.3. The van der Waals surface area contributed by atoms with Crippen LogP contribution in [0.4, 0.5) is 4.79 Å². The van der Waals surface area contributed by atoms with E-state index in [1.165, 1.54) is 37.7 Å². The molecule has 0 aromatic heterocycles. The molecule has 1 aliphatic heterocycles. The molecule has 6 aliphatic carbocycles. The lowest BCUT2D eigenvalue weighted by Gasteiger charge is -2.57. The number of benzene rings is 1. The van der Waals surface area contributed by atoms with Crippen molar-refractivity contribution < 1.29 is 24.0 Å². The maximum atomic E-state index is 12.4. The molecule has 1 amide bonds. The van der Waals surface area contributed by atoms with Crippen LogP contribution in [0, 0.1) is 23.7 Å². The Kier molecular flexibility index (Phi) is 5.84. The van der Waals surface area contributed by atoms with Gasteiger partial charge in [-0.1, -0.05) is 12.1 Å². The van der Waals surface area contributed by atoms with Gasteiger partial charge in [-0.3, -0.25) is 0 Å². The van der Waals surface area contributed by atoms with Crippen LogP contribution in [0.1, 0.15) is 95.0 Å². The van der Waals surface area contributed by atoms with E-state index >= 15 is 0 Å². The molecule has 3 N–H and O–H groups in total. The highest BCUT2D eigenvalue weighted by molar-refractivity contribution is 5.70. The van der Waals surface area contributed by atoms with Crippen molar-refractivity contribution in [3.63, 3.8) is 0 Å². The van der Waals surface area contributed by atoms with Gasteiger partial charge in [0.25, 0.3) is 0 Å². The van der Waals surface area contributed by atoms with Gasteiger partial charge in [-0.25, -0.2) is 4.79 Å². The van der Waals surface area contributed by atoms with Crippen LogP contribution in [0.5, 0.6) is 5.75 Å². The maximum Gasteiger partial charge on any atom is 0.412 e. The molecule has 196 valence electrons. The number of nitrogens with one attached hydrogen (secondary N) is 1. The molecule has 36 heavy (non-hydrogen) atoms. The molecule has 2 spiro atoms. The predicted octanol–water partition coefficient (Wildman–Crippen LogP) is 5.53. The van der Waals surface area contributed by atoms with Gasteiger partial charge in [0.05, 0.1) is 0 Å². The molecule has 0 radical (unpaired) electrons. The standard InChI is InChI=1S/C29H40N2O5/c30-24-5-7-25(8-6-24)31-27(32)33-26-9-3-20(4-10-26)21-2-1-11-28(17-21)34-29(36-35-28)22-13-18-12-19(15-22)16-23(29)14-18/h3-4,9-10,18-19,21-25H,1-2,5-8,11-17,30H2,(H,31,32)/t18?,19?,21?,22?,23?,24-,25-,28?,29?. The molecule has 7 heteroatoms. The zero-order valence-corrected chi connectivity index (χ0v) is 21.2. The predicted molar refractivity (Wildman–Crippen MR) is 133 cm³/mol. The zero-order valence-electron chi connectivity index (χ0n) is 21.2. The molecule has 6 saturated carbocycles. The Balaban J connectivity index is 0.980. The average Bonchev–Trinajstić information content (AvgIpc) is 3.23. The molecular weight excluding hydrogens is 456 g/mol. The Morgan fingerprint density at radius 1 is 0.917 bits per heavy atom. The Labute approximate surface area is 213 Å². The second-order valence-corrected chi connectivity index (χ2v) is 12.7. The summed E-state index contributed by atoms with van der Waals surface area (Å²) in [7, 11) is 0. The van der Waals surface area contributed by atoms with Gasteiger partial charge < -0.3 is 20.5 Å². The van der Waals surface area contributed by atoms with Gasteiger partial charge in [0.2, 0.25) is 11.6 Å². The molecule has 1 aromatic carbocycles. The number of carbonyl (C=O) groups is 1. The third-order valence-electron chi connectivity index (χ3n) is 10.3. The van der Waals surface area contributed by atoms with Gasteiger partial charge in [-0.05, 0) is 106 Å². The molecule has 7 nitrogen and oxygen atoms in total. The first-order valence-corrected chi connectivity index (χ1v) is 14.4. The summed E-state index contributed by atoms with van der Waals surface area (Å²) in [6.45, 7) is 0. The topological polar surface area (TPSA) is 92.0 Å². The molecule has 7 aliphatic rings. The van der Waals surface area contributed by atoms with Crippen molar-refractivity contribution in [2.75, 3.05) is 0 Å². The van der Waals surface area contributed by atoms with E-state index in [0.29, 0.717) is 23.5 Å². The Hall–Kier alpha value is -1.67. The molecule has 4 bridgehead atoms. The van der Waals surface area contributed by atoms with Gasteiger partial charge in [-0.2, -0.15) is 9.78 Å². The van der Waals surface area contributed by atoms with E-state index < -0.39 is 11.6 Å². The largest absolute Gasteiger partial charge is 0.412 e. The van der Waals surface area contributed by atoms with Crippen molar-refractivity contribution in [1.82, 2.24) is 5.32 Å². The van der Waals surface area contributed by atoms with Crippen molar-refractivity contribution in [2.45, 2.75) is 113 Å². The highest BCUT2D eigenvalue weighted by Crippen LogP contribution is 2.64. The van der Waals surface area contributed by atoms with Crippen LogP contribution in [0.15, 0.2) is 24.3 Å². The van der Waals surface area contributed by atoms with E-state index in [0.717, 1.165) is 63.2 Å². The summed E-state index contributed by atoms with van der Waals surface area (Å²) in [5, 5.41) is 2.99. The number of hydrogen-bond acceptors (Lipinski definition) is 6. The Morgan fingerprint density at radius 3 is 2.31 bits per heavy atom.